The van der Waals surface area contributed by atoms with Crippen molar-refractivity contribution in [2.24, 2.45) is 0 Å². The normalized spacial score (nSPS) is 11.8. The Labute approximate surface area is 81.9 Å². The Hall–Kier alpha value is -0.550. The fourth-order valence-corrected chi connectivity index (χ4v) is 1.77. The second-order valence-corrected chi connectivity index (χ2v) is 5.53. The van der Waals surface area contributed by atoms with E-state index >= 15 is 0 Å². The molecule has 0 aliphatic carbocycles. The Morgan fingerprint density at radius 2 is 2.31 bits per heavy atom. The van der Waals surface area contributed by atoms with Crippen LogP contribution in [0.4, 0.5) is 0 Å². The van der Waals surface area contributed by atoms with Crippen LogP contribution in [0.1, 0.15) is 12.6 Å². The van der Waals surface area contributed by atoms with Crippen molar-refractivity contribution in [3.05, 3.63) is 18.0 Å². The van der Waals surface area contributed by atoms with E-state index in [4.69, 9.17) is 10.7 Å². The Morgan fingerprint density at radius 1 is 1.62 bits per heavy atom. The molecule has 0 unspecified atom stereocenters. The van der Waals surface area contributed by atoms with Crippen molar-refractivity contribution in [3.63, 3.8) is 0 Å². The smallest absolute Gasteiger partial charge is 0.232 e. The molecule has 1 aromatic rings. The maximum atomic E-state index is 10.7. The molecule has 0 aliphatic rings. The van der Waals surface area contributed by atoms with Crippen LogP contribution in [0.5, 0.6) is 0 Å². The van der Waals surface area contributed by atoms with Crippen molar-refractivity contribution < 1.29 is 8.42 Å². The first kappa shape index (κ1) is 10.5. The van der Waals surface area contributed by atoms with Crippen LogP contribution < -0.4 is 0 Å². The third kappa shape index (κ3) is 3.36. The van der Waals surface area contributed by atoms with E-state index < -0.39 is 9.05 Å². The summed E-state index contributed by atoms with van der Waals surface area (Å²) in [5, 5.41) is 4.01. The molecule has 74 valence electrons. The van der Waals surface area contributed by atoms with Crippen molar-refractivity contribution in [1.29, 1.82) is 0 Å². The van der Waals surface area contributed by atoms with Gasteiger partial charge in [-0.1, -0.05) is 0 Å². The molecule has 0 N–H and O–H groups in total. The standard InChI is InChI=1S/C7H11ClN2O2S/c1-2-10-7(3-5-9-10)4-6-13(8,11)12/h3,5H,2,4,6H2,1H3. The van der Waals surface area contributed by atoms with E-state index in [9.17, 15) is 8.42 Å². The zero-order chi connectivity index (χ0) is 9.90. The summed E-state index contributed by atoms with van der Waals surface area (Å²) in [7, 11) is 1.69. The van der Waals surface area contributed by atoms with E-state index in [2.05, 4.69) is 5.10 Å². The first-order chi connectivity index (χ1) is 6.03. The summed E-state index contributed by atoms with van der Waals surface area (Å²) in [5.41, 5.74) is 0.895. The summed E-state index contributed by atoms with van der Waals surface area (Å²) in [6.07, 6.45) is 2.07. The molecular formula is C7H11ClN2O2S. The fraction of sp³-hybridized carbons (Fsp3) is 0.571. The molecule has 0 spiro atoms. The van der Waals surface area contributed by atoms with Crippen LogP contribution in [0.3, 0.4) is 0 Å². The minimum atomic E-state index is -3.39. The van der Waals surface area contributed by atoms with Crippen LogP contribution in [0.25, 0.3) is 0 Å². The Balaban J connectivity index is 2.64. The number of rotatable bonds is 4. The van der Waals surface area contributed by atoms with Gasteiger partial charge in [-0.05, 0) is 13.0 Å². The lowest BCUT2D eigenvalue weighted by Gasteiger charge is -2.02. The molecule has 4 nitrogen and oxygen atoms in total. The molecule has 0 saturated carbocycles. The van der Waals surface area contributed by atoms with E-state index in [1.807, 2.05) is 6.92 Å². The highest BCUT2D eigenvalue weighted by Gasteiger charge is 2.08. The number of hydrogen-bond acceptors (Lipinski definition) is 3. The van der Waals surface area contributed by atoms with Gasteiger partial charge in [-0.3, -0.25) is 4.68 Å². The van der Waals surface area contributed by atoms with Gasteiger partial charge in [0.05, 0.1) is 5.75 Å². The monoisotopic (exact) mass is 222 g/mol. The summed E-state index contributed by atoms with van der Waals surface area (Å²) in [4.78, 5) is 0. The molecule has 0 aliphatic heterocycles. The third-order valence-corrected chi connectivity index (χ3v) is 2.86. The zero-order valence-corrected chi connectivity index (χ0v) is 8.85. The van der Waals surface area contributed by atoms with Gasteiger partial charge in [-0.25, -0.2) is 8.42 Å². The maximum absolute atomic E-state index is 10.7. The predicted molar refractivity (Wildman–Crippen MR) is 51.2 cm³/mol. The van der Waals surface area contributed by atoms with Gasteiger partial charge in [-0.15, -0.1) is 0 Å². The molecule has 1 aromatic heterocycles. The first-order valence-corrected chi connectivity index (χ1v) is 6.44. The molecule has 0 amide bonds. The van der Waals surface area contributed by atoms with Gasteiger partial charge < -0.3 is 0 Å². The molecule has 1 heterocycles. The average Bonchev–Trinajstić information content (AvgIpc) is 2.46. The van der Waals surface area contributed by atoms with Crippen molar-refractivity contribution in [2.45, 2.75) is 19.9 Å². The van der Waals surface area contributed by atoms with Crippen molar-refractivity contribution in [2.75, 3.05) is 5.75 Å². The summed E-state index contributed by atoms with van der Waals surface area (Å²) in [6, 6.07) is 1.80. The number of nitrogens with zero attached hydrogens (tertiary/aromatic N) is 2. The number of halogens is 1. The summed E-state index contributed by atoms with van der Waals surface area (Å²) >= 11 is 0. The summed E-state index contributed by atoms with van der Waals surface area (Å²) < 4.78 is 23.1. The Bertz CT molecular complexity index is 372. The Morgan fingerprint density at radius 3 is 2.85 bits per heavy atom. The molecule has 0 saturated heterocycles. The second-order valence-electron chi connectivity index (χ2n) is 2.63. The van der Waals surface area contributed by atoms with Gasteiger partial charge in [-0.2, -0.15) is 5.10 Å². The quantitative estimate of drug-likeness (QED) is 0.715. The van der Waals surface area contributed by atoms with E-state index in [0.717, 1.165) is 12.2 Å². The van der Waals surface area contributed by atoms with Crippen LogP contribution in [0, 0.1) is 0 Å². The number of aromatic nitrogens is 2. The molecule has 1 rings (SSSR count). The third-order valence-electron chi connectivity index (χ3n) is 1.71. The van der Waals surface area contributed by atoms with E-state index in [1.54, 1.807) is 16.9 Å². The van der Waals surface area contributed by atoms with Crippen LogP contribution in [-0.2, 0) is 22.0 Å². The van der Waals surface area contributed by atoms with Gasteiger partial charge in [0.15, 0.2) is 0 Å². The first-order valence-electron chi connectivity index (χ1n) is 3.96. The van der Waals surface area contributed by atoms with Crippen molar-refractivity contribution in [3.8, 4) is 0 Å². The number of hydrogen-bond donors (Lipinski definition) is 0. The molecule has 0 atom stereocenters. The van der Waals surface area contributed by atoms with Crippen LogP contribution >= 0.6 is 10.7 Å². The second kappa shape index (κ2) is 4.11. The fourth-order valence-electron chi connectivity index (χ4n) is 1.08. The van der Waals surface area contributed by atoms with Gasteiger partial charge in [0.2, 0.25) is 9.05 Å². The zero-order valence-electron chi connectivity index (χ0n) is 7.27. The SMILES string of the molecule is CCn1nccc1CCS(=O)(=O)Cl. The van der Waals surface area contributed by atoms with E-state index in [0.29, 0.717) is 6.42 Å². The molecule has 0 aromatic carbocycles. The average molecular weight is 223 g/mol. The topological polar surface area (TPSA) is 52.0 Å². The van der Waals surface area contributed by atoms with Gasteiger partial charge in [0, 0.05) is 35.5 Å². The highest BCUT2D eigenvalue weighted by molar-refractivity contribution is 8.13. The highest BCUT2D eigenvalue weighted by atomic mass is 35.7. The van der Waals surface area contributed by atoms with Crippen LogP contribution in [0.2, 0.25) is 0 Å². The summed E-state index contributed by atoms with van der Waals surface area (Å²) in [5.74, 6) is -0.0414. The maximum Gasteiger partial charge on any atom is 0.232 e. The molecular weight excluding hydrogens is 212 g/mol. The minimum Gasteiger partial charge on any atom is -0.270 e. The molecule has 0 radical (unpaired) electrons. The van der Waals surface area contributed by atoms with E-state index in [-0.39, 0.29) is 5.75 Å². The van der Waals surface area contributed by atoms with Crippen molar-refractivity contribution >= 4 is 19.7 Å². The highest BCUT2D eigenvalue weighted by Crippen LogP contribution is 2.04. The lowest BCUT2D eigenvalue weighted by Crippen LogP contribution is -2.07. The Kier molecular flexibility index (Phi) is 3.33. The molecule has 0 bridgehead atoms. The van der Waals surface area contributed by atoms with Gasteiger partial charge in [0.25, 0.3) is 0 Å². The molecule has 13 heavy (non-hydrogen) atoms. The minimum absolute atomic E-state index is 0.0414. The van der Waals surface area contributed by atoms with E-state index in [1.165, 1.54) is 0 Å². The summed E-state index contributed by atoms with van der Waals surface area (Å²) in [6.45, 7) is 2.69. The lowest BCUT2D eigenvalue weighted by atomic mass is 10.3. The largest absolute Gasteiger partial charge is 0.270 e. The predicted octanol–water partition coefficient (Wildman–Crippen LogP) is 1.01. The molecule has 6 heteroatoms. The van der Waals surface area contributed by atoms with Gasteiger partial charge >= 0.3 is 0 Å². The number of aryl methyl sites for hydroxylation is 2. The van der Waals surface area contributed by atoms with Crippen molar-refractivity contribution in [1.82, 2.24) is 9.78 Å². The van der Waals surface area contributed by atoms with Gasteiger partial charge in [0.1, 0.15) is 0 Å². The molecule has 0 fully saturated rings. The van der Waals surface area contributed by atoms with Crippen LogP contribution in [-0.4, -0.2) is 24.0 Å². The lowest BCUT2D eigenvalue weighted by molar-refractivity contribution is 0.601. The van der Waals surface area contributed by atoms with Crippen LogP contribution in [0.15, 0.2) is 12.3 Å².